The first-order chi connectivity index (χ1) is 8.56. The van der Waals surface area contributed by atoms with Gasteiger partial charge in [-0.2, -0.15) is 5.10 Å². The number of carbonyl (C=O) groups excluding carboxylic acids is 1. The predicted octanol–water partition coefficient (Wildman–Crippen LogP) is 0.897. The SMILES string of the molecule is CCn1nccc1C1C(C(=O)O)CCC(=O)N1C. The lowest BCUT2D eigenvalue weighted by atomic mass is 9.87. The van der Waals surface area contributed by atoms with Crippen LogP contribution in [0.3, 0.4) is 0 Å². The van der Waals surface area contributed by atoms with Gasteiger partial charge in [-0.1, -0.05) is 0 Å². The first-order valence-corrected chi connectivity index (χ1v) is 6.06. The van der Waals surface area contributed by atoms with Crippen LogP contribution in [0.1, 0.15) is 31.5 Å². The number of carboxylic acids is 1. The van der Waals surface area contributed by atoms with E-state index in [-0.39, 0.29) is 5.91 Å². The Labute approximate surface area is 105 Å². The van der Waals surface area contributed by atoms with Crippen molar-refractivity contribution in [2.75, 3.05) is 7.05 Å². The third-order valence-electron chi connectivity index (χ3n) is 3.53. The Bertz CT molecular complexity index is 469. The van der Waals surface area contributed by atoms with Crippen LogP contribution >= 0.6 is 0 Å². The molecule has 6 nitrogen and oxygen atoms in total. The largest absolute Gasteiger partial charge is 0.481 e. The molecule has 18 heavy (non-hydrogen) atoms. The summed E-state index contributed by atoms with van der Waals surface area (Å²) >= 11 is 0. The average Bonchev–Trinajstić information content (AvgIpc) is 2.79. The van der Waals surface area contributed by atoms with Crippen LogP contribution in [0.15, 0.2) is 12.3 Å². The fourth-order valence-electron chi connectivity index (χ4n) is 2.56. The number of rotatable bonds is 3. The maximum absolute atomic E-state index is 11.8. The molecule has 2 heterocycles. The summed E-state index contributed by atoms with van der Waals surface area (Å²) in [6.45, 7) is 2.60. The van der Waals surface area contributed by atoms with Crippen molar-refractivity contribution in [2.24, 2.45) is 5.92 Å². The molecule has 1 aliphatic heterocycles. The van der Waals surface area contributed by atoms with Gasteiger partial charge in [0.25, 0.3) is 0 Å². The fourth-order valence-corrected chi connectivity index (χ4v) is 2.56. The van der Waals surface area contributed by atoms with Crippen molar-refractivity contribution in [2.45, 2.75) is 32.4 Å². The molecule has 1 fully saturated rings. The lowest BCUT2D eigenvalue weighted by Gasteiger charge is -2.37. The Hall–Kier alpha value is -1.85. The van der Waals surface area contributed by atoms with Crippen LogP contribution in [0.25, 0.3) is 0 Å². The molecule has 0 radical (unpaired) electrons. The van der Waals surface area contributed by atoms with E-state index in [1.807, 2.05) is 6.92 Å². The monoisotopic (exact) mass is 251 g/mol. The van der Waals surface area contributed by atoms with Gasteiger partial charge in [0, 0.05) is 26.2 Å². The number of hydrogen-bond acceptors (Lipinski definition) is 3. The van der Waals surface area contributed by atoms with Gasteiger partial charge < -0.3 is 10.0 Å². The molecule has 0 aromatic carbocycles. The molecule has 0 saturated carbocycles. The van der Waals surface area contributed by atoms with E-state index in [2.05, 4.69) is 5.10 Å². The molecule has 1 aromatic rings. The maximum Gasteiger partial charge on any atom is 0.309 e. The molecule has 1 N–H and O–H groups in total. The second-order valence-electron chi connectivity index (χ2n) is 4.50. The van der Waals surface area contributed by atoms with E-state index >= 15 is 0 Å². The van der Waals surface area contributed by atoms with E-state index in [1.165, 1.54) is 4.90 Å². The van der Waals surface area contributed by atoms with Crippen LogP contribution in [0.2, 0.25) is 0 Å². The van der Waals surface area contributed by atoms with Gasteiger partial charge in [0.2, 0.25) is 5.91 Å². The molecule has 2 rings (SSSR count). The molecular weight excluding hydrogens is 234 g/mol. The molecule has 1 amide bonds. The number of hydrogen-bond donors (Lipinski definition) is 1. The van der Waals surface area contributed by atoms with E-state index < -0.39 is 17.9 Å². The summed E-state index contributed by atoms with van der Waals surface area (Å²) < 4.78 is 1.75. The summed E-state index contributed by atoms with van der Waals surface area (Å²) in [5.74, 6) is -1.43. The highest BCUT2D eigenvalue weighted by molar-refractivity contribution is 5.81. The van der Waals surface area contributed by atoms with Crippen molar-refractivity contribution in [3.8, 4) is 0 Å². The van der Waals surface area contributed by atoms with Gasteiger partial charge in [0.05, 0.1) is 17.7 Å². The number of amides is 1. The highest BCUT2D eigenvalue weighted by atomic mass is 16.4. The summed E-state index contributed by atoms with van der Waals surface area (Å²) in [7, 11) is 1.66. The minimum Gasteiger partial charge on any atom is -0.481 e. The number of aliphatic carboxylic acids is 1. The Morgan fingerprint density at radius 1 is 1.61 bits per heavy atom. The van der Waals surface area contributed by atoms with Crippen LogP contribution in [0.4, 0.5) is 0 Å². The Morgan fingerprint density at radius 3 is 2.94 bits per heavy atom. The lowest BCUT2D eigenvalue weighted by molar-refractivity contribution is -0.151. The van der Waals surface area contributed by atoms with Gasteiger partial charge in [-0.25, -0.2) is 0 Å². The molecule has 98 valence electrons. The molecular formula is C12H17N3O3. The van der Waals surface area contributed by atoms with Crippen molar-refractivity contribution in [3.63, 3.8) is 0 Å². The van der Waals surface area contributed by atoms with Crippen LogP contribution in [0, 0.1) is 5.92 Å². The van der Waals surface area contributed by atoms with Crippen LogP contribution in [-0.2, 0) is 16.1 Å². The molecule has 2 atom stereocenters. The molecule has 2 unspecified atom stereocenters. The fraction of sp³-hybridized carbons (Fsp3) is 0.583. The summed E-state index contributed by atoms with van der Waals surface area (Å²) in [5.41, 5.74) is 0.792. The lowest BCUT2D eigenvalue weighted by Crippen LogP contribution is -2.43. The van der Waals surface area contributed by atoms with Crippen LogP contribution in [0.5, 0.6) is 0 Å². The van der Waals surface area contributed by atoms with E-state index in [9.17, 15) is 14.7 Å². The van der Waals surface area contributed by atoms with Gasteiger partial charge in [-0.3, -0.25) is 14.3 Å². The third kappa shape index (κ3) is 1.98. The highest BCUT2D eigenvalue weighted by Gasteiger charge is 2.40. The second kappa shape index (κ2) is 4.80. The Kier molecular flexibility index (Phi) is 3.36. The van der Waals surface area contributed by atoms with Crippen molar-refractivity contribution in [1.29, 1.82) is 0 Å². The number of carbonyl (C=O) groups is 2. The number of piperidine rings is 1. The number of nitrogens with zero attached hydrogens (tertiary/aromatic N) is 3. The van der Waals surface area contributed by atoms with Crippen molar-refractivity contribution in [3.05, 3.63) is 18.0 Å². The number of carboxylic acid groups (broad SMARTS) is 1. The highest BCUT2D eigenvalue weighted by Crippen LogP contribution is 2.35. The van der Waals surface area contributed by atoms with Crippen LogP contribution in [-0.4, -0.2) is 38.7 Å². The summed E-state index contributed by atoms with van der Waals surface area (Å²) in [5, 5.41) is 13.5. The summed E-state index contributed by atoms with van der Waals surface area (Å²) in [6, 6.07) is 1.37. The van der Waals surface area contributed by atoms with Crippen LogP contribution < -0.4 is 0 Å². The average molecular weight is 251 g/mol. The zero-order valence-electron chi connectivity index (χ0n) is 10.5. The summed E-state index contributed by atoms with van der Waals surface area (Å²) in [4.78, 5) is 24.6. The minimum atomic E-state index is -0.858. The standard InChI is InChI=1S/C12H17N3O3/c1-3-15-9(6-7-13-15)11-8(12(17)18)4-5-10(16)14(11)2/h6-8,11H,3-5H2,1-2H3,(H,17,18). The molecule has 6 heteroatoms. The molecule has 0 spiro atoms. The predicted molar refractivity (Wildman–Crippen MR) is 63.8 cm³/mol. The van der Waals surface area contributed by atoms with E-state index in [4.69, 9.17) is 0 Å². The number of aromatic nitrogens is 2. The van der Waals surface area contributed by atoms with Gasteiger partial charge in [0.1, 0.15) is 0 Å². The van der Waals surface area contributed by atoms with Gasteiger partial charge in [-0.15, -0.1) is 0 Å². The van der Waals surface area contributed by atoms with Crippen molar-refractivity contribution >= 4 is 11.9 Å². The Balaban J connectivity index is 2.41. The van der Waals surface area contributed by atoms with Gasteiger partial charge in [0.15, 0.2) is 0 Å². The van der Waals surface area contributed by atoms with Crippen molar-refractivity contribution < 1.29 is 14.7 Å². The van der Waals surface area contributed by atoms with Gasteiger partial charge >= 0.3 is 5.97 Å². The molecule has 1 saturated heterocycles. The van der Waals surface area contributed by atoms with E-state index in [0.717, 1.165) is 5.69 Å². The number of aryl methyl sites for hydroxylation is 1. The number of likely N-dealkylation sites (tertiary alicyclic amines) is 1. The van der Waals surface area contributed by atoms with Gasteiger partial charge in [-0.05, 0) is 19.4 Å². The Morgan fingerprint density at radius 2 is 2.33 bits per heavy atom. The van der Waals surface area contributed by atoms with E-state index in [0.29, 0.717) is 19.4 Å². The molecule has 1 aliphatic rings. The molecule has 0 bridgehead atoms. The molecule has 1 aromatic heterocycles. The maximum atomic E-state index is 11.8. The smallest absolute Gasteiger partial charge is 0.309 e. The first-order valence-electron chi connectivity index (χ1n) is 6.06. The van der Waals surface area contributed by atoms with E-state index in [1.54, 1.807) is 24.0 Å². The minimum absolute atomic E-state index is 0.0126. The second-order valence-corrected chi connectivity index (χ2v) is 4.50. The quantitative estimate of drug-likeness (QED) is 0.866. The normalized spacial score (nSPS) is 24.3. The topological polar surface area (TPSA) is 75.4 Å². The summed E-state index contributed by atoms with van der Waals surface area (Å²) in [6.07, 6.45) is 2.33. The first kappa shape index (κ1) is 12.6. The molecule has 0 aliphatic carbocycles. The van der Waals surface area contributed by atoms with Crippen molar-refractivity contribution in [1.82, 2.24) is 14.7 Å². The zero-order valence-corrected chi connectivity index (χ0v) is 10.5. The zero-order chi connectivity index (χ0) is 13.3. The third-order valence-corrected chi connectivity index (χ3v) is 3.53.